The van der Waals surface area contributed by atoms with Crippen molar-refractivity contribution in [3.05, 3.63) is 65.8 Å². The van der Waals surface area contributed by atoms with Gasteiger partial charge in [0.25, 0.3) is 5.91 Å². The molecule has 1 aromatic heterocycles. The van der Waals surface area contributed by atoms with Crippen LogP contribution >= 0.6 is 23.2 Å². The van der Waals surface area contributed by atoms with Gasteiger partial charge in [0.1, 0.15) is 5.15 Å². The number of alkyl halides is 3. The highest BCUT2D eigenvalue weighted by molar-refractivity contribution is 6.34. The third kappa shape index (κ3) is 6.39. The van der Waals surface area contributed by atoms with E-state index in [0.717, 1.165) is 0 Å². The van der Waals surface area contributed by atoms with E-state index in [-0.39, 0.29) is 36.0 Å². The van der Waals surface area contributed by atoms with Crippen LogP contribution in [0.15, 0.2) is 24.3 Å². The first-order chi connectivity index (χ1) is 14.4. The minimum Gasteiger partial charge on any atom is -0.478 e. The maximum Gasteiger partial charge on any atom is 0.416 e. The van der Waals surface area contributed by atoms with Gasteiger partial charge >= 0.3 is 17.6 Å². The Kier molecular flexibility index (Phi) is 7.57. The smallest absolute Gasteiger partial charge is 0.416 e. The molecule has 0 saturated heterocycles. The highest BCUT2D eigenvalue weighted by Gasteiger charge is 2.32. The molecule has 1 amide bonds. The number of benzene rings is 1. The van der Waals surface area contributed by atoms with E-state index in [9.17, 15) is 38.2 Å². The summed E-state index contributed by atoms with van der Waals surface area (Å²) >= 11 is 11.3. The maximum atomic E-state index is 12.7. The number of carbonyl (C=O) groups excluding carboxylic acids is 1. The number of carbonyl (C=O) groups is 1. The van der Waals surface area contributed by atoms with Gasteiger partial charge in [0.05, 0.1) is 32.6 Å². The number of amides is 1. The van der Waals surface area contributed by atoms with Crippen LogP contribution in [0.3, 0.4) is 0 Å². The van der Waals surface area contributed by atoms with Crippen LogP contribution in [0.5, 0.6) is 5.88 Å². The monoisotopic (exact) mass is 482 g/mol. The number of aromatic nitrogens is 1. The second kappa shape index (κ2) is 9.75. The average Bonchev–Trinajstić information content (AvgIpc) is 2.65. The molecule has 0 bridgehead atoms. The van der Waals surface area contributed by atoms with Crippen molar-refractivity contribution in [1.29, 1.82) is 0 Å². The normalized spacial score (nSPS) is 11.1. The van der Waals surface area contributed by atoms with Gasteiger partial charge in [-0.25, -0.2) is 4.98 Å². The van der Waals surface area contributed by atoms with Crippen molar-refractivity contribution in [1.82, 2.24) is 10.3 Å². The van der Waals surface area contributed by atoms with Crippen LogP contribution in [0.25, 0.3) is 0 Å². The number of rotatable bonds is 8. The van der Waals surface area contributed by atoms with Gasteiger partial charge in [-0.2, -0.15) is 13.2 Å². The number of hydrogen-bond donors (Lipinski definition) is 1. The molecule has 2 rings (SSSR count). The minimum absolute atomic E-state index is 0.0490. The van der Waals surface area contributed by atoms with Crippen molar-refractivity contribution in [3.63, 3.8) is 0 Å². The topological polar surface area (TPSA) is 138 Å². The van der Waals surface area contributed by atoms with Crippen LogP contribution in [-0.2, 0) is 6.18 Å². The van der Waals surface area contributed by atoms with Crippen molar-refractivity contribution < 1.29 is 32.5 Å². The summed E-state index contributed by atoms with van der Waals surface area (Å²) in [6.07, 6.45) is -4.51. The van der Waals surface area contributed by atoms with E-state index in [2.05, 4.69) is 10.3 Å². The lowest BCUT2D eigenvalue weighted by Gasteiger charge is -2.11. The summed E-state index contributed by atoms with van der Waals surface area (Å²) in [5, 5.41) is 23.4. The zero-order chi connectivity index (χ0) is 23.3. The molecule has 0 fully saturated rings. The molecule has 0 radical (unpaired) electrons. The molecule has 1 N–H and O–H groups in total. The molecule has 31 heavy (non-hydrogen) atoms. The van der Waals surface area contributed by atoms with Crippen LogP contribution in [0.2, 0.25) is 10.2 Å². The third-order valence-electron chi connectivity index (χ3n) is 3.66. The van der Waals surface area contributed by atoms with Crippen LogP contribution < -0.4 is 10.1 Å². The number of nitro benzene ring substituents is 2. The Morgan fingerprint density at radius 3 is 2.29 bits per heavy atom. The van der Waals surface area contributed by atoms with Crippen LogP contribution in [0.4, 0.5) is 24.5 Å². The quantitative estimate of drug-likeness (QED) is 0.254. The Morgan fingerprint density at radius 1 is 1.10 bits per heavy atom. The van der Waals surface area contributed by atoms with E-state index in [0.29, 0.717) is 24.3 Å². The van der Waals surface area contributed by atoms with Crippen LogP contribution in [0, 0.1) is 20.2 Å². The van der Waals surface area contributed by atoms with E-state index in [1.807, 2.05) is 0 Å². The second-order valence-corrected chi connectivity index (χ2v) is 6.60. The lowest BCUT2D eigenvalue weighted by Crippen LogP contribution is -2.26. The number of nitrogens with one attached hydrogen (secondary N) is 1. The Bertz CT molecular complexity index is 1040. The maximum absolute atomic E-state index is 12.7. The average molecular weight is 483 g/mol. The number of nitro groups is 2. The van der Waals surface area contributed by atoms with Gasteiger partial charge in [-0.1, -0.05) is 23.2 Å². The Labute approximate surface area is 181 Å². The van der Waals surface area contributed by atoms with Gasteiger partial charge in [0, 0.05) is 24.7 Å². The molecule has 1 heterocycles. The van der Waals surface area contributed by atoms with Gasteiger partial charge in [0.15, 0.2) is 0 Å². The molecule has 166 valence electrons. The molecule has 15 heteroatoms. The van der Waals surface area contributed by atoms with E-state index in [4.69, 9.17) is 27.9 Å². The fourth-order valence-corrected chi connectivity index (χ4v) is 2.72. The molecule has 0 aliphatic rings. The van der Waals surface area contributed by atoms with Gasteiger partial charge < -0.3 is 10.1 Å². The number of halogens is 5. The Morgan fingerprint density at radius 2 is 1.71 bits per heavy atom. The Balaban J connectivity index is 1.96. The summed E-state index contributed by atoms with van der Waals surface area (Å²) in [5.74, 6) is -1.21. The van der Waals surface area contributed by atoms with Gasteiger partial charge in [-0.05, 0) is 12.5 Å². The highest BCUT2D eigenvalue weighted by atomic mass is 35.5. The molecule has 0 unspecified atom stereocenters. The zero-order valence-corrected chi connectivity index (χ0v) is 16.6. The summed E-state index contributed by atoms with van der Waals surface area (Å²) in [7, 11) is 0. The predicted octanol–water partition coefficient (Wildman–Crippen LogP) is 4.42. The predicted molar refractivity (Wildman–Crippen MR) is 101 cm³/mol. The highest BCUT2D eigenvalue weighted by Crippen LogP contribution is 2.33. The molecule has 0 atom stereocenters. The first kappa shape index (κ1) is 24.1. The van der Waals surface area contributed by atoms with Crippen molar-refractivity contribution >= 4 is 40.5 Å². The van der Waals surface area contributed by atoms with E-state index >= 15 is 0 Å². The molecule has 0 saturated carbocycles. The summed E-state index contributed by atoms with van der Waals surface area (Å²) in [6, 6.07) is 2.68. The number of ether oxygens (including phenoxy) is 1. The summed E-state index contributed by atoms with van der Waals surface area (Å²) < 4.78 is 43.3. The molecule has 10 nitrogen and oxygen atoms in total. The summed E-state index contributed by atoms with van der Waals surface area (Å²) in [4.78, 5) is 35.6. The second-order valence-electron chi connectivity index (χ2n) is 5.81. The summed E-state index contributed by atoms with van der Waals surface area (Å²) in [6.45, 7) is -0.189. The fourth-order valence-electron chi connectivity index (χ4n) is 2.27. The lowest BCUT2D eigenvalue weighted by molar-refractivity contribution is -0.422. The molecule has 1 aromatic carbocycles. The van der Waals surface area contributed by atoms with Gasteiger partial charge in [-0.3, -0.25) is 25.0 Å². The van der Waals surface area contributed by atoms with Crippen molar-refractivity contribution in [3.8, 4) is 5.88 Å². The standard InChI is InChI=1S/C16H11Cl2F3N4O6/c17-10-7-12(25(29)30)11(24(27)28)6-9(10)15(26)22-2-1-3-31-14-5-8(16(19,20)21)4-13(18)23-14/h4-7H,1-3H2,(H,22,26). The van der Waals surface area contributed by atoms with E-state index < -0.39 is 44.0 Å². The van der Waals surface area contributed by atoms with E-state index in [1.165, 1.54) is 0 Å². The van der Waals surface area contributed by atoms with E-state index in [1.54, 1.807) is 0 Å². The molecule has 0 aliphatic heterocycles. The Hall–Kier alpha value is -3.19. The molecule has 0 spiro atoms. The van der Waals surface area contributed by atoms with Crippen LogP contribution in [-0.4, -0.2) is 33.9 Å². The van der Waals surface area contributed by atoms with Gasteiger partial charge in [0.2, 0.25) is 5.88 Å². The van der Waals surface area contributed by atoms with Crippen molar-refractivity contribution in [2.75, 3.05) is 13.2 Å². The van der Waals surface area contributed by atoms with Crippen LogP contribution in [0.1, 0.15) is 22.3 Å². The van der Waals surface area contributed by atoms with Gasteiger partial charge in [-0.15, -0.1) is 0 Å². The molecule has 0 aliphatic carbocycles. The minimum atomic E-state index is -4.63. The fraction of sp³-hybridized carbons (Fsp3) is 0.250. The van der Waals surface area contributed by atoms with Crippen molar-refractivity contribution in [2.24, 2.45) is 0 Å². The molecule has 2 aromatic rings. The molecular weight excluding hydrogens is 472 g/mol. The number of hydrogen-bond acceptors (Lipinski definition) is 7. The first-order valence-corrected chi connectivity index (χ1v) is 8.94. The first-order valence-electron chi connectivity index (χ1n) is 8.18. The largest absolute Gasteiger partial charge is 0.478 e. The molecular formula is C16H11Cl2F3N4O6. The number of pyridine rings is 1. The SMILES string of the molecule is O=C(NCCCOc1cc(C(F)(F)F)cc(Cl)n1)c1cc([N+](=O)[O-])c([N+](=O)[O-])cc1Cl. The summed E-state index contributed by atoms with van der Waals surface area (Å²) in [5.41, 5.74) is -3.17. The number of nitrogens with zero attached hydrogens (tertiary/aromatic N) is 3. The lowest BCUT2D eigenvalue weighted by atomic mass is 10.1. The third-order valence-corrected chi connectivity index (χ3v) is 4.16. The van der Waals surface area contributed by atoms with Crippen molar-refractivity contribution in [2.45, 2.75) is 12.6 Å². The zero-order valence-electron chi connectivity index (χ0n) is 15.1.